The summed E-state index contributed by atoms with van der Waals surface area (Å²) in [6, 6.07) is 7.44. The molecule has 1 rings (SSSR count). The summed E-state index contributed by atoms with van der Waals surface area (Å²) in [5.74, 6) is 0.609. The lowest BCUT2D eigenvalue weighted by molar-refractivity contribution is -0.115. The normalized spacial score (nSPS) is 10.2. The van der Waals surface area contributed by atoms with Crippen molar-refractivity contribution in [1.82, 2.24) is 5.32 Å². The molecule has 1 aromatic carbocycles. The summed E-state index contributed by atoms with van der Waals surface area (Å²) in [7, 11) is 1.63. The van der Waals surface area contributed by atoms with Crippen molar-refractivity contribution in [3.8, 4) is 5.75 Å². The number of anilines is 1. The van der Waals surface area contributed by atoms with Crippen molar-refractivity contribution in [1.29, 1.82) is 0 Å². The summed E-state index contributed by atoms with van der Waals surface area (Å²) < 4.78 is 10.5. The Bertz CT molecular complexity index is 383. The van der Waals surface area contributed by atoms with Crippen molar-refractivity contribution in [2.24, 2.45) is 0 Å². The fraction of sp³-hybridized carbons (Fsp3) is 0.500. The maximum atomic E-state index is 11.7. The summed E-state index contributed by atoms with van der Waals surface area (Å²) in [4.78, 5) is 11.7. The van der Waals surface area contributed by atoms with Crippen molar-refractivity contribution in [3.63, 3.8) is 0 Å². The van der Waals surface area contributed by atoms with Crippen LogP contribution in [0, 0.1) is 0 Å². The molecule has 5 nitrogen and oxygen atoms in total. The number of ether oxygens (including phenoxy) is 2. The third-order valence-electron chi connectivity index (χ3n) is 2.39. The van der Waals surface area contributed by atoms with E-state index in [1.165, 1.54) is 0 Å². The zero-order chi connectivity index (χ0) is 13.9. The molecule has 0 heterocycles. The minimum atomic E-state index is -0.0938. The number of carbonyl (C=O) groups excluding carboxylic acids is 1. The highest BCUT2D eigenvalue weighted by Crippen LogP contribution is 2.23. The minimum Gasteiger partial charge on any atom is -0.491 e. The number of carbonyl (C=O) groups is 1. The number of benzene rings is 1. The van der Waals surface area contributed by atoms with Gasteiger partial charge in [0.1, 0.15) is 5.75 Å². The fourth-order valence-corrected chi connectivity index (χ4v) is 1.48. The van der Waals surface area contributed by atoms with Crippen LogP contribution in [0.2, 0.25) is 0 Å². The Morgan fingerprint density at radius 3 is 2.79 bits per heavy atom. The van der Waals surface area contributed by atoms with Crippen LogP contribution < -0.4 is 15.4 Å². The number of hydrogen-bond acceptors (Lipinski definition) is 4. The highest BCUT2D eigenvalue weighted by Gasteiger charge is 2.06. The summed E-state index contributed by atoms with van der Waals surface area (Å²) in [5, 5.41) is 5.82. The standard InChI is InChI=1S/C14H22N2O3/c1-3-9-19-13-7-5-4-6-12(13)16-14(17)11-15-8-10-18-2/h4-7,15H,3,8-11H2,1-2H3,(H,16,17). The molecular weight excluding hydrogens is 244 g/mol. The number of amides is 1. The number of methoxy groups -OCH3 is 1. The van der Waals surface area contributed by atoms with Crippen LogP contribution >= 0.6 is 0 Å². The van der Waals surface area contributed by atoms with Gasteiger partial charge in [0.2, 0.25) is 5.91 Å². The molecule has 5 heteroatoms. The van der Waals surface area contributed by atoms with E-state index in [0.717, 1.165) is 6.42 Å². The maximum absolute atomic E-state index is 11.7. The molecule has 0 radical (unpaired) electrons. The second kappa shape index (κ2) is 9.35. The van der Waals surface area contributed by atoms with Crippen LogP contribution in [0.15, 0.2) is 24.3 Å². The van der Waals surface area contributed by atoms with Crippen LogP contribution in [0.1, 0.15) is 13.3 Å². The smallest absolute Gasteiger partial charge is 0.238 e. The van der Waals surface area contributed by atoms with Gasteiger partial charge >= 0.3 is 0 Å². The molecule has 0 spiro atoms. The van der Waals surface area contributed by atoms with Gasteiger partial charge in [0, 0.05) is 13.7 Å². The number of para-hydroxylation sites is 2. The molecule has 1 amide bonds. The topological polar surface area (TPSA) is 59.6 Å². The van der Waals surface area contributed by atoms with E-state index < -0.39 is 0 Å². The fourth-order valence-electron chi connectivity index (χ4n) is 1.48. The molecule has 0 aliphatic carbocycles. The Hall–Kier alpha value is -1.59. The highest BCUT2D eigenvalue weighted by molar-refractivity contribution is 5.93. The molecule has 1 aromatic rings. The Kier molecular flexibility index (Phi) is 7.62. The Balaban J connectivity index is 2.44. The van der Waals surface area contributed by atoms with Crippen LogP contribution in [0.25, 0.3) is 0 Å². The van der Waals surface area contributed by atoms with E-state index in [-0.39, 0.29) is 12.5 Å². The van der Waals surface area contributed by atoms with Gasteiger partial charge in [0.15, 0.2) is 0 Å². The lowest BCUT2D eigenvalue weighted by Gasteiger charge is -2.12. The Labute approximate surface area is 114 Å². The van der Waals surface area contributed by atoms with E-state index in [0.29, 0.717) is 31.2 Å². The van der Waals surface area contributed by atoms with Gasteiger partial charge in [-0.3, -0.25) is 4.79 Å². The first-order valence-corrected chi connectivity index (χ1v) is 6.49. The zero-order valence-corrected chi connectivity index (χ0v) is 11.6. The van der Waals surface area contributed by atoms with E-state index >= 15 is 0 Å². The summed E-state index contributed by atoms with van der Waals surface area (Å²) in [6.07, 6.45) is 0.931. The molecule has 0 saturated carbocycles. The molecule has 106 valence electrons. The molecular formula is C14H22N2O3. The first-order chi connectivity index (χ1) is 9.27. The molecule has 0 unspecified atom stereocenters. The quantitative estimate of drug-likeness (QED) is 0.667. The van der Waals surface area contributed by atoms with Crippen molar-refractivity contribution >= 4 is 11.6 Å². The lowest BCUT2D eigenvalue weighted by Crippen LogP contribution is -2.30. The van der Waals surface area contributed by atoms with Gasteiger partial charge in [-0.2, -0.15) is 0 Å². The first kappa shape index (κ1) is 15.5. The summed E-state index contributed by atoms with van der Waals surface area (Å²) >= 11 is 0. The third-order valence-corrected chi connectivity index (χ3v) is 2.39. The molecule has 19 heavy (non-hydrogen) atoms. The average molecular weight is 266 g/mol. The second-order valence-electron chi connectivity index (χ2n) is 4.06. The Morgan fingerprint density at radius 1 is 1.26 bits per heavy atom. The van der Waals surface area contributed by atoms with Gasteiger partial charge in [-0.15, -0.1) is 0 Å². The minimum absolute atomic E-state index is 0.0938. The second-order valence-corrected chi connectivity index (χ2v) is 4.06. The molecule has 0 saturated heterocycles. The maximum Gasteiger partial charge on any atom is 0.238 e. The van der Waals surface area contributed by atoms with Crippen LogP contribution in [0.4, 0.5) is 5.69 Å². The lowest BCUT2D eigenvalue weighted by atomic mass is 10.3. The molecule has 2 N–H and O–H groups in total. The predicted molar refractivity (Wildman–Crippen MR) is 75.6 cm³/mol. The van der Waals surface area contributed by atoms with E-state index in [2.05, 4.69) is 10.6 Å². The van der Waals surface area contributed by atoms with E-state index in [4.69, 9.17) is 9.47 Å². The van der Waals surface area contributed by atoms with Gasteiger partial charge in [0.05, 0.1) is 25.4 Å². The van der Waals surface area contributed by atoms with Gasteiger partial charge in [-0.25, -0.2) is 0 Å². The van der Waals surface area contributed by atoms with E-state index in [9.17, 15) is 4.79 Å². The van der Waals surface area contributed by atoms with Gasteiger partial charge in [0.25, 0.3) is 0 Å². The largest absolute Gasteiger partial charge is 0.491 e. The zero-order valence-electron chi connectivity index (χ0n) is 11.6. The third kappa shape index (κ3) is 6.22. The summed E-state index contributed by atoms with van der Waals surface area (Å²) in [6.45, 7) is 4.17. The molecule has 0 aliphatic heterocycles. The molecule has 0 aromatic heterocycles. The SMILES string of the molecule is CCCOc1ccccc1NC(=O)CNCCOC. The van der Waals surface area contributed by atoms with Crippen LogP contribution in [-0.4, -0.2) is 39.3 Å². The molecule has 0 atom stereocenters. The van der Waals surface area contributed by atoms with Crippen molar-refractivity contribution in [2.75, 3.05) is 38.7 Å². The molecule has 0 bridgehead atoms. The van der Waals surface area contributed by atoms with Gasteiger partial charge < -0.3 is 20.1 Å². The highest BCUT2D eigenvalue weighted by atomic mass is 16.5. The van der Waals surface area contributed by atoms with Crippen molar-refractivity contribution in [3.05, 3.63) is 24.3 Å². The van der Waals surface area contributed by atoms with Gasteiger partial charge in [-0.1, -0.05) is 19.1 Å². The van der Waals surface area contributed by atoms with Crippen molar-refractivity contribution < 1.29 is 14.3 Å². The number of rotatable bonds is 9. The average Bonchev–Trinajstić information content (AvgIpc) is 2.43. The number of hydrogen-bond donors (Lipinski definition) is 2. The number of nitrogens with one attached hydrogen (secondary N) is 2. The van der Waals surface area contributed by atoms with E-state index in [1.807, 2.05) is 31.2 Å². The Morgan fingerprint density at radius 2 is 2.05 bits per heavy atom. The van der Waals surface area contributed by atoms with Crippen molar-refractivity contribution in [2.45, 2.75) is 13.3 Å². The van der Waals surface area contributed by atoms with E-state index in [1.54, 1.807) is 7.11 Å². The molecule has 0 fully saturated rings. The van der Waals surface area contributed by atoms with Gasteiger partial charge in [-0.05, 0) is 18.6 Å². The predicted octanol–water partition coefficient (Wildman–Crippen LogP) is 1.65. The molecule has 0 aliphatic rings. The first-order valence-electron chi connectivity index (χ1n) is 6.49. The summed E-state index contributed by atoms with van der Waals surface area (Å²) in [5.41, 5.74) is 0.703. The van der Waals surface area contributed by atoms with Crippen LogP contribution in [-0.2, 0) is 9.53 Å². The monoisotopic (exact) mass is 266 g/mol. The van der Waals surface area contributed by atoms with Crippen LogP contribution in [0.3, 0.4) is 0 Å². The van der Waals surface area contributed by atoms with Crippen LogP contribution in [0.5, 0.6) is 5.75 Å².